The first-order valence-electron chi connectivity index (χ1n) is 8.89. The van der Waals surface area contributed by atoms with Crippen LogP contribution in [0.25, 0.3) is 0 Å². The first kappa shape index (κ1) is 16.6. The Labute approximate surface area is 139 Å². The summed E-state index contributed by atoms with van der Waals surface area (Å²) in [5, 5.41) is 0. The van der Waals surface area contributed by atoms with E-state index in [1.807, 2.05) is 0 Å². The van der Waals surface area contributed by atoms with Gasteiger partial charge in [-0.05, 0) is 32.8 Å². The summed E-state index contributed by atoms with van der Waals surface area (Å²) in [6.07, 6.45) is 4.26. The number of nitrogens with zero attached hydrogens (tertiary/aromatic N) is 5. The van der Waals surface area contributed by atoms with E-state index in [4.69, 9.17) is 5.73 Å². The molecule has 0 unspecified atom stereocenters. The van der Waals surface area contributed by atoms with E-state index < -0.39 is 0 Å². The van der Waals surface area contributed by atoms with Crippen molar-refractivity contribution in [3.63, 3.8) is 0 Å². The number of hydrogen-bond acceptors (Lipinski definition) is 6. The Balaban J connectivity index is 1.44. The van der Waals surface area contributed by atoms with Gasteiger partial charge in [-0.2, -0.15) is 0 Å². The minimum absolute atomic E-state index is 0.563. The van der Waals surface area contributed by atoms with Crippen LogP contribution in [0.4, 0.5) is 5.82 Å². The highest BCUT2D eigenvalue weighted by Crippen LogP contribution is 2.20. The van der Waals surface area contributed by atoms with Crippen molar-refractivity contribution in [2.75, 3.05) is 45.0 Å². The molecular weight excluding hydrogens is 288 g/mol. The van der Waals surface area contributed by atoms with Crippen molar-refractivity contribution in [1.82, 2.24) is 24.7 Å². The van der Waals surface area contributed by atoms with Gasteiger partial charge in [-0.1, -0.05) is 0 Å². The SMILES string of the molecule is CC(C)N1CCN(C2CCN(Cc3nccc(N)n3)CC2)CC1. The first-order chi connectivity index (χ1) is 11.1. The maximum atomic E-state index is 5.74. The third-order valence-corrected chi connectivity index (χ3v) is 5.24. The van der Waals surface area contributed by atoms with Crippen LogP contribution in [0.1, 0.15) is 32.5 Å². The minimum atomic E-state index is 0.563. The molecule has 1 aromatic heterocycles. The second-order valence-electron chi connectivity index (χ2n) is 7.07. The number of hydrogen-bond donors (Lipinski definition) is 1. The molecule has 1 aromatic rings. The predicted octanol–water partition coefficient (Wildman–Crippen LogP) is 1.05. The van der Waals surface area contributed by atoms with Crippen LogP contribution in [0, 0.1) is 0 Å². The summed E-state index contributed by atoms with van der Waals surface area (Å²) < 4.78 is 0. The van der Waals surface area contributed by atoms with E-state index in [0.29, 0.717) is 11.9 Å². The van der Waals surface area contributed by atoms with Crippen molar-refractivity contribution >= 4 is 5.82 Å². The lowest BCUT2D eigenvalue weighted by molar-refractivity contribution is 0.0466. The topological polar surface area (TPSA) is 61.5 Å². The highest BCUT2D eigenvalue weighted by molar-refractivity contribution is 5.24. The average Bonchev–Trinajstić information content (AvgIpc) is 2.56. The average molecular weight is 318 g/mol. The van der Waals surface area contributed by atoms with Crippen molar-refractivity contribution in [2.45, 2.75) is 45.3 Å². The molecule has 0 bridgehead atoms. The molecule has 3 heterocycles. The smallest absolute Gasteiger partial charge is 0.144 e. The molecule has 3 rings (SSSR count). The molecule has 23 heavy (non-hydrogen) atoms. The first-order valence-corrected chi connectivity index (χ1v) is 8.89. The van der Waals surface area contributed by atoms with E-state index in [2.05, 4.69) is 38.5 Å². The van der Waals surface area contributed by atoms with Crippen LogP contribution < -0.4 is 5.73 Å². The van der Waals surface area contributed by atoms with Crippen LogP contribution in [0.5, 0.6) is 0 Å². The fourth-order valence-corrected chi connectivity index (χ4v) is 3.75. The maximum Gasteiger partial charge on any atom is 0.144 e. The van der Waals surface area contributed by atoms with Crippen LogP contribution in [0.2, 0.25) is 0 Å². The van der Waals surface area contributed by atoms with Gasteiger partial charge in [0.15, 0.2) is 0 Å². The summed E-state index contributed by atoms with van der Waals surface area (Å²) in [6.45, 7) is 12.6. The number of likely N-dealkylation sites (tertiary alicyclic amines) is 1. The number of piperazine rings is 1. The summed E-state index contributed by atoms with van der Waals surface area (Å²) in [4.78, 5) is 16.4. The van der Waals surface area contributed by atoms with Gasteiger partial charge in [-0.3, -0.25) is 14.7 Å². The lowest BCUT2D eigenvalue weighted by Gasteiger charge is -2.43. The maximum absolute atomic E-state index is 5.74. The molecule has 2 fully saturated rings. The number of aromatic nitrogens is 2. The Kier molecular flexibility index (Phi) is 5.46. The predicted molar refractivity (Wildman–Crippen MR) is 93.0 cm³/mol. The molecule has 0 spiro atoms. The molecule has 2 aliphatic rings. The Morgan fingerprint density at radius 1 is 1.13 bits per heavy atom. The molecule has 0 saturated carbocycles. The second-order valence-corrected chi connectivity index (χ2v) is 7.07. The largest absolute Gasteiger partial charge is 0.384 e. The van der Waals surface area contributed by atoms with E-state index in [0.717, 1.165) is 31.5 Å². The third kappa shape index (κ3) is 4.40. The summed E-state index contributed by atoms with van der Waals surface area (Å²) in [7, 11) is 0. The van der Waals surface area contributed by atoms with Crippen molar-refractivity contribution in [2.24, 2.45) is 0 Å². The molecule has 0 amide bonds. The van der Waals surface area contributed by atoms with Crippen LogP contribution >= 0.6 is 0 Å². The van der Waals surface area contributed by atoms with Crippen LogP contribution in [-0.2, 0) is 6.54 Å². The second kappa shape index (κ2) is 7.55. The van der Waals surface area contributed by atoms with Gasteiger partial charge < -0.3 is 5.73 Å². The standard InChI is InChI=1S/C17H30N6/c1-14(2)22-9-11-23(12-10-22)15-4-7-21(8-5-15)13-17-19-6-3-16(18)20-17/h3,6,14-15H,4-5,7-13H2,1-2H3,(H2,18,19,20). The molecule has 0 atom stereocenters. The van der Waals surface area contributed by atoms with E-state index in [-0.39, 0.29) is 0 Å². The molecule has 6 heteroatoms. The molecule has 2 saturated heterocycles. The van der Waals surface area contributed by atoms with E-state index in [1.165, 1.54) is 39.0 Å². The van der Waals surface area contributed by atoms with Crippen molar-refractivity contribution < 1.29 is 0 Å². The van der Waals surface area contributed by atoms with Gasteiger partial charge in [0.2, 0.25) is 0 Å². The minimum Gasteiger partial charge on any atom is -0.384 e. The fourth-order valence-electron chi connectivity index (χ4n) is 3.75. The summed E-state index contributed by atoms with van der Waals surface area (Å²) in [5.74, 6) is 1.40. The van der Waals surface area contributed by atoms with Gasteiger partial charge in [-0.15, -0.1) is 0 Å². The molecule has 2 N–H and O–H groups in total. The number of piperidine rings is 1. The van der Waals surface area contributed by atoms with Crippen molar-refractivity contribution in [3.8, 4) is 0 Å². The van der Waals surface area contributed by atoms with Gasteiger partial charge >= 0.3 is 0 Å². The molecule has 0 aliphatic carbocycles. The van der Waals surface area contributed by atoms with E-state index in [1.54, 1.807) is 12.3 Å². The highest BCUT2D eigenvalue weighted by Gasteiger charge is 2.28. The van der Waals surface area contributed by atoms with E-state index in [9.17, 15) is 0 Å². The van der Waals surface area contributed by atoms with Crippen LogP contribution in [0.15, 0.2) is 12.3 Å². The number of nitrogens with two attached hydrogens (primary N) is 1. The summed E-state index contributed by atoms with van der Waals surface area (Å²) in [5.41, 5.74) is 5.74. The van der Waals surface area contributed by atoms with Gasteiger partial charge in [0.25, 0.3) is 0 Å². The van der Waals surface area contributed by atoms with E-state index >= 15 is 0 Å². The Bertz CT molecular complexity index is 490. The zero-order chi connectivity index (χ0) is 16.2. The molecule has 0 radical (unpaired) electrons. The van der Waals surface area contributed by atoms with Gasteiger partial charge in [0, 0.05) is 57.5 Å². The lowest BCUT2D eigenvalue weighted by atomic mass is 10.0. The number of nitrogen functional groups attached to an aromatic ring is 1. The molecular formula is C17H30N6. The van der Waals surface area contributed by atoms with Gasteiger partial charge in [0.05, 0.1) is 6.54 Å². The summed E-state index contributed by atoms with van der Waals surface area (Å²) >= 11 is 0. The molecule has 0 aromatic carbocycles. The van der Waals surface area contributed by atoms with Crippen molar-refractivity contribution in [1.29, 1.82) is 0 Å². The fraction of sp³-hybridized carbons (Fsp3) is 0.765. The quantitative estimate of drug-likeness (QED) is 0.895. The molecule has 2 aliphatic heterocycles. The third-order valence-electron chi connectivity index (χ3n) is 5.24. The lowest BCUT2D eigenvalue weighted by Crippen LogP contribution is -2.54. The monoisotopic (exact) mass is 318 g/mol. The zero-order valence-corrected chi connectivity index (χ0v) is 14.5. The number of rotatable bonds is 4. The van der Waals surface area contributed by atoms with Crippen molar-refractivity contribution in [3.05, 3.63) is 18.1 Å². The Morgan fingerprint density at radius 2 is 1.83 bits per heavy atom. The molecule has 6 nitrogen and oxygen atoms in total. The van der Waals surface area contributed by atoms with Gasteiger partial charge in [0.1, 0.15) is 11.6 Å². The zero-order valence-electron chi connectivity index (χ0n) is 14.5. The Morgan fingerprint density at radius 3 is 2.43 bits per heavy atom. The van der Waals surface area contributed by atoms with Gasteiger partial charge in [-0.25, -0.2) is 9.97 Å². The highest BCUT2D eigenvalue weighted by atomic mass is 15.3. The van der Waals surface area contributed by atoms with Crippen LogP contribution in [0.3, 0.4) is 0 Å². The summed E-state index contributed by atoms with van der Waals surface area (Å²) in [6, 6.07) is 3.17. The molecule has 128 valence electrons. The van der Waals surface area contributed by atoms with Crippen LogP contribution in [-0.4, -0.2) is 76.0 Å². The Hall–Kier alpha value is -1.24. The number of anilines is 1. The normalized spacial score (nSPS) is 22.7.